The standard InChI is InChI=1S/C20H32/c1-7-19(3,4)17-13-14-18(20(5,6)8-2)16-12-10-9-11-15(16)17/h13-14H,7-12H2,1-6H3. The molecular weight excluding hydrogens is 240 g/mol. The van der Waals surface area contributed by atoms with Crippen molar-refractivity contribution in [3.05, 3.63) is 34.4 Å². The van der Waals surface area contributed by atoms with Gasteiger partial charge in [0.1, 0.15) is 0 Å². The molecule has 20 heavy (non-hydrogen) atoms. The van der Waals surface area contributed by atoms with Gasteiger partial charge < -0.3 is 0 Å². The van der Waals surface area contributed by atoms with Crippen molar-refractivity contribution in [1.82, 2.24) is 0 Å². The summed E-state index contributed by atoms with van der Waals surface area (Å²) in [4.78, 5) is 0. The third kappa shape index (κ3) is 2.67. The summed E-state index contributed by atoms with van der Waals surface area (Å²) >= 11 is 0. The first kappa shape index (κ1) is 15.6. The minimum absolute atomic E-state index is 0.316. The van der Waals surface area contributed by atoms with E-state index >= 15 is 0 Å². The molecule has 0 amide bonds. The first-order chi connectivity index (χ1) is 9.33. The zero-order chi connectivity index (χ0) is 15.0. The molecule has 0 heterocycles. The Hall–Kier alpha value is -0.780. The van der Waals surface area contributed by atoms with Gasteiger partial charge in [-0.2, -0.15) is 0 Å². The lowest BCUT2D eigenvalue weighted by molar-refractivity contribution is 0.478. The molecule has 0 aromatic heterocycles. The van der Waals surface area contributed by atoms with Crippen LogP contribution in [0.2, 0.25) is 0 Å². The summed E-state index contributed by atoms with van der Waals surface area (Å²) in [7, 11) is 0. The molecule has 0 unspecified atom stereocenters. The van der Waals surface area contributed by atoms with Crippen LogP contribution in [0.5, 0.6) is 0 Å². The quantitative estimate of drug-likeness (QED) is 0.636. The molecule has 0 nitrogen and oxygen atoms in total. The number of hydrogen-bond acceptors (Lipinski definition) is 0. The lowest BCUT2D eigenvalue weighted by atomic mass is 9.70. The molecule has 0 N–H and O–H groups in total. The molecule has 1 aromatic carbocycles. The van der Waals surface area contributed by atoms with Gasteiger partial charge in [0.2, 0.25) is 0 Å². The van der Waals surface area contributed by atoms with E-state index in [1.165, 1.54) is 38.5 Å². The van der Waals surface area contributed by atoms with Crippen molar-refractivity contribution in [3.63, 3.8) is 0 Å². The summed E-state index contributed by atoms with van der Waals surface area (Å²) < 4.78 is 0. The number of benzene rings is 1. The van der Waals surface area contributed by atoms with Gasteiger partial charge in [-0.25, -0.2) is 0 Å². The van der Waals surface area contributed by atoms with Gasteiger partial charge in [0.15, 0.2) is 0 Å². The Morgan fingerprint density at radius 3 is 1.40 bits per heavy atom. The minimum atomic E-state index is 0.316. The van der Waals surface area contributed by atoms with Crippen LogP contribution in [0.15, 0.2) is 12.1 Å². The summed E-state index contributed by atoms with van der Waals surface area (Å²) in [6.07, 6.45) is 7.76. The van der Waals surface area contributed by atoms with Crippen LogP contribution in [0.25, 0.3) is 0 Å². The maximum atomic E-state index is 2.44. The van der Waals surface area contributed by atoms with Crippen LogP contribution in [-0.2, 0) is 23.7 Å². The minimum Gasteiger partial charge on any atom is -0.0646 e. The van der Waals surface area contributed by atoms with Crippen LogP contribution in [0.4, 0.5) is 0 Å². The fourth-order valence-electron chi connectivity index (χ4n) is 3.52. The number of fused-ring (bicyclic) bond motifs is 1. The molecule has 1 aliphatic rings. The Labute approximate surface area is 126 Å². The van der Waals surface area contributed by atoms with Crippen LogP contribution in [0, 0.1) is 0 Å². The van der Waals surface area contributed by atoms with Crippen molar-refractivity contribution in [2.24, 2.45) is 0 Å². The highest BCUT2D eigenvalue weighted by molar-refractivity contribution is 5.48. The molecule has 112 valence electrons. The molecule has 0 radical (unpaired) electrons. The van der Waals surface area contributed by atoms with Gasteiger partial charge in [-0.15, -0.1) is 0 Å². The van der Waals surface area contributed by atoms with Gasteiger partial charge >= 0.3 is 0 Å². The lowest BCUT2D eigenvalue weighted by Crippen LogP contribution is -2.25. The molecule has 0 atom stereocenters. The zero-order valence-electron chi connectivity index (χ0n) is 14.4. The fraction of sp³-hybridized carbons (Fsp3) is 0.700. The molecule has 0 spiro atoms. The number of rotatable bonds is 4. The summed E-state index contributed by atoms with van der Waals surface area (Å²) in [6, 6.07) is 4.89. The van der Waals surface area contributed by atoms with Gasteiger partial charge in [0.05, 0.1) is 0 Å². The van der Waals surface area contributed by atoms with E-state index in [1.54, 1.807) is 22.3 Å². The largest absolute Gasteiger partial charge is 0.0646 e. The van der Waals surface area contributed by atoms with Crippen LogP contribution in [-0.4, -0.2) is 0 Å². The highest BCUT2D eigenvalue weighted by Gasteiger charge is 2.29. The molecule has 0 heteroatoms. The highest BCUT2D eigenvalue weighted by atomic mass is 14.3. The fourth-order valence-corrected chi connectivity index (χ4v) is 3.52. The third-order valence-electron chi connectivity index (χ3n) is 5.76. The Kier molecular flexibility index (Phi) is 4.33. The van der Waals surface area contributed by atoms with Crippen molar-refractivity contribution in [2.75, 3.05) is 0 Å². The van der Waals surface area contributed by atoms with Gasteiger partial charge in [-0.3, -0.25) is 0 Å². The van der Waals surface area contributed by atoms with Crippen molar-refractivity contribution < 1.29 is 0 Å². The second-order valence-electron chi connectivity index (χ2n) is 7.80. The predicted molar refractivity (Wildman–Crippen MR) is 89.7 cm³/mol. The molecule has 0 bridgehead atoms. The average Bonchev–Trinajstić information content (AvgIpc) is 2.45. The molecule has 2 rings (SSSR count). The van der Waals surface area contributed by atoms with E-state index in [4.69, 9.17) is 0 Å². The van der Waals surface area contributed by atoms with Crippen molar-refractivity contribution in [1.29, 1.82) is 0 Å². The Morgan fingerprint density at radius 2 is 1.10 bits per heavy atom. The van der Waals surface area contributed by atoms with E-state index in [2.05, 4.69) is 53.7 Å². The molecule has 0 saturated carbocycles. The van der Waals surface area contributed by atoms with E-state index < -0.39 is 0 Å². The molecule has 0 aliphatic heterocycles. The predicted octanol–water partition coefficient (Wildman–Crippen LogP) is 5.94. The highest BCUT2D eigenvalue weighted by Crippen LogP contribution is 2.40. The maximum absolute atomic E-state index is 2.44. The van der Waals surface area contributed by atoms with Gasteiger partial charge in [-0.1, -0.05) is 53.7 Å². The smallest absolute Gasteiger partial charge is 0.0103 e. The van der Waals surface area contributed by atoms with Crippen molar-refractivity contribution in [2.45, 2.75) is 90.9 Å². The molecule has 0 saturated heterocycles. The Balaban J connectivity index is 2.61. The van der Waals surface area contributed by atoms with Crippen LogP contribution in [0.3, 0.4) is 0 Å². The maximum Gasteiger partial charge on any atom is -0.0103 e. The van der Waals surface area contributed by atoms with E-state index in [0.29, 0.717) is 10.8 Å². The Bertz CT molecular complexity index is 432. The van der Waals surface area contributed by atoms with Gasteiger partial charge in [-0.05, 0) is 71.6 Å². The topological polar surface area (TPSA) is 0 Å². The van der Waals surface area contributed by atoms with Crippen LogP contribution in [0.1, 0.15) is 89.5 Å². The van der Waals surface area contributed by atoms with E-state index in [-0.39, 0.29) is 0 Å². The Morgan fingerprint density at radius 1 is 0.750 bits per heavy atom. The average molecular weight is 272 g/mol. The van der Waals surface area contributed by atoms with E-state index in [0.717, 1.165) is 0 Å². The second kappa shape index (κ2) is 5.54. The first-order valence-electron chi connectivity index (χ1n) is 8.49. The van der Waals surface area contributed by atoms with Crippen molar-refractivity contribution in [3.8, 4) is 0 Å². The third-order valence-corrected chi connectivity index (χ3v) is 5.76. The normalized spacial score (nSPS) is 16.1. The summed E-state index contributed by atoms with van der Waals surface area (Å²) in [5, 5.41) is 0. The molecule has 1 aliphatic carbocycles. The van der Waals surface area contributed by atoms with Gasteiger partial charge in [0.25, 0.3) is 0 Å². The summed E-state index contributed by atoms with van der Waals surface area (Å²) in [5.41, 5.74) is 7.26. The lowest BCUT2D eigenvalue weighted by Gasteiger charge is -2.35. The summed E-state index contributed by atoms with van der Waals surface area (Å²) in [6.45, 7) is 14.3. The van der Waals surface area contributed by atoms with E-state index in [9.17, 15) is 0 Å². The van der Waals surface area contributed by atoms with Gasteiger partial charge in [0, 0.05) is 0 Å². The SMILES string of the molecule is CCC(C)(C)c1ccc(C(C)(C)CC)c2c1CCCC2. The summed E-state index contributed by atoms with van der Waals surface area (Å²) in [5.74, 6) is 0. The molecular formula is C20H32. The van der Waals surface area contributed by atoms with Crippen LogP contribution < -0.4 is 0 Å². The monoisotopic (exact) mass is 272 g/mol. The molecule has 1 aromatic rings. The molecule has 0 fully saturated rings. The zero-order valence-corrected chi connectivity index (χ0v) is 14.4. The first-order valence-corrected chi connectivity index (χ1v) is 8.49. The second-order valence-corrected chi connectivity index (χ2v) is 7.80. The van der Waals surface area contributed by atoms with Crippen LogP contribution >= 0.6 is 0 Å². The van der Waals surface area contributed by atoms with Crippen molar-refractivity contribution >= 4 is 0 Å². The van der Waals surface area contributed by atoms with E-state index in [1.807, 2.05) is 0 Å². The number of hydrogen-bond donors (Lipinski definition) is 0.